The summed E-state index contributed by atoms with van der Waals surface area (Å²) in [6, 6.07) is 8.91. The van der Waals surface area contributed by atoms with Crippen LogP contribution in [0.25, 0.3) is 0 Å². The largest absolute Gasteiger partial charge is 0.343 e. The zero-order valence-electron chi connectivity index (χ0n) is 15.0. The van der Waals surface area contributed by atoms with Crippen molar-refractivity contribution in [2.75, 3.05) is 12.4 Å². The molecule has 1 aromatic heterocycles. The number of benzene rings is 1. The highest BCUT2D eigenvalue weighted by Gasteiger charge is 2.34. The number of thiazole rings is 1. The monoisotopic (exact) mass is 371 g/mol. The molecule has 0 saturated heterocycles. The Kier molecular flexibility index (Phi) is 5.18. The number of fused-ring (bicyclic) bond motifs is 1. The van der Waals surface area contributed by atoms with E-state index < -0.39 is 0 Å². The lowest BCUT2D eigenvalue weighted by molar-refractivity contribution is -0.135. The maximum Gasteiger partial charge on any atom is 0.257 e. The molecule has 1 heterocycles. The van der Waals surface area contributed by atoms with Crippen molar-refractivity contribution in [3.05, 3.63) is 46.5 Å². The fourth-order valence-electron chi connectivity index (χ4n) is 2.86. The van der Waals surface area contributed by atoms with Crippen molar-refractivity contribution in [3.63, 3.8) is 0 Å². The van der Waals surface area contributed by atoms with Crippen molar-refractivity contribution in [2.24, 2.45) is 5.92 Å². The number of carbonyl (C=O) groups is 3. The fraction of sp³-hybridized carbons (Fsp3) is 0.368. The molecular weight excluding hydrogens is 350 g/mol. The van der Waals surface area contributed by atoms with Gasteiger partial charge in [0.05, 0.1) is 16.5 Å². The topological polar surface area (TPSA) is 79.4 Å². The van der Waals surface area contributed by atoms with Crippen molar-refractivity contribution in [1.29, 1.82) is 0 Å². The number of carbonyl (C=O) groups excluding carboxylic acids is 3. The molecule has 0 unspecified atom stereocenters. The van der Waals surface area contributed by atoms with Gasteiger partial charge in [0, 0.05) is 31.5 Å². The van der Waals surface area contributed by atoms with Gasteiger partial charge in [-0.3, -0.25) is 19.7 Å². The summed E-state index contributed by atoms with van der Waals surface area (Å²) in [5.74, 6) is -0.778. The first-order valence-corrected chi connectivity index (χ1v) is 9.34. The van der Waals surface area contributed by atoms with Crippen molar-refractivity contribution < 1.29 is 14.4 Å². The molecule has 3 rings (SSSR count). The van der Waals surface area contributed by atoms with Crippen LogP contribution in [0.1, 0.15) is 46.0 Å². The molecule has 0 fully saturated rings. The Morgan fingerprint density at radius 2 is 1.92 bits per heavy atom. The van der Waals surface area contributed by atoms with Gasteiger partial charge in [0.1, 0.15) is 0 Å². The summed E-state index contributed by atoms with van der Waals surface area (Å²) < 4.78 is 0. The molecule has 7 heteroatoms. The Morgan fingerprint density at radius 3 is 2.58 bits per heavy atom. The van der Waals surface area contributed by atoms with Gasteiger partial charge in [-0.15, -0.1) is 0 Å². The molecule has 1 aliphatic rings. The van der Waals surface area contributed by atoms with Crippen LogP contribution in [0.2, 0.25) is 0 Å². The Hall–Kier alpha value is -2.54. The Labute approximate surface area is 156 Å². The van der Waals surface area contributed by atoms with E-state index >= 15 is 0 Å². The van der Waals surface area contributed by atoms with Crippen molar-refractivity contribution in [2.45, 2.75) is 32.7 Å². The molecule has 6 nitrogen and oxygen atoms in total. The van der Waals surface area contributed by atoms with Gasteiger partial charge in [0.15, 0.2) is 10.9 Å². The standard InChI is InChI=1S/C19H21N3O3S/c1-11(2)22(3)18(25)13-9-14-16(15(23)10-13)26-19(20-14)21-17(24)12-7-5-4-6-8-12/h4-8,11,13H,9-10H2,1-3H3,(H,20,21,24)/t13-/m1/s1. The fourth-order valence-corrected chi connectivity index (χ4v) is 3.80. The Bertz CT molecular complexity index is 845. The lowest BCUT2D eigenvalue weighted by atomic mass is 9.89. The quantitative estimate of drug-likeness (QED) is 0.896. The van der Waals surface area contributed by atoms with Crippen LogP contribution < -0.4 is 5.32 Å². The van der Waals surface area contributed by atoms with E-state index in [0.29, 0.717) is 27.7 Å². The smallest absolute Gasteiger partial charge is 0.257 e. The van der Waals surface area contributed by atoms with E-state index in [-0.39, 0.29) is 36.0 Å². The second-order valence-corrected chi connectivity index (χ2v) is 7.69. The maximum atomic E-state index is 12.5. The summed E-state index contributed by atoms with van der Waals surface area (Å²) in [6.45, 7) is 3.88. The zero-order chi connectivity index (χ0) is 18.8. The van der Waals surface area contributed by atoms with E-state index in [0.717, 1.165) is 0 Å². The number of nitrogens with zero attached hydrogens (tertiary/aromatic N) is 2. The van der Waals surface area contributed by atoms with Gasteiger partial charge < -0.3 is 4.90 Å². The molecule has 0 bridgehead atoms. The number of amides is 2. The first-order chi connectivity index (χ1) is 12.4. The van der Waals surface area contributed by atoms with Crippen molar-refractivity contribution in [3.8, 4) is 0 Å². The number of anilines is 1. The lowest BCUT2D eigenvalue weighted by Gasteiger charge is -2.28. The van der Waals surface area contributed by atoms with Crippen molar-refractivity contribution in [1.82, 2.24) is 9.88 Å². The van der Waals surface area contributed by atoms with E-state index in [4.69, 9.17) is 0 Å². The van der Waals surface area contributed by atoms with E-state index in [1.807, 2.05) is 19.9 Å². The highest BCUT2D eigenvalue weighted by Crippen LogP contribution is 2.33. The molecule has 0 radical (unpaired) electrons. The minimum absolute atomic E-state index is 0.0399. The average molecular weight is 371 g/mol. The third kappa shape index (κ3) is 3.67. The summed E-state index contributed by atoms with van der Waals surface area (Å²) >= 11 is 1.18. The number of rotatable bonds is 4. The molecule has 0 saturated carbocycles. The van der Waals surface area contributed by atoms with Crippen LogP contribution in [0.4, 0.5) is 5.13 Å². The van der Waals surface area contributed by atoms with Gasteiger partial charge in [-0.1, -0.05) is 29.5 Å². The van der Waals surface area contributed by atoms with Gasteiger partial charge in [0.2, 0.25) is 5.91 Å². The molecule has 1 atom stereocenters. The van der Waals surface area contributed by atoms with E-state index in [9.17, 15) is 14.4 Å². The molecule has 0 spiro atoms. The molecule has 136 valence electrons. The average Bonchev–Trinajstić information content (AvgIpc) is 3.04. The van der Waals surface area contributed by atoms with Crippen LogP contribution in [-0.4, -0.2) is 40.6 Å². The molecule has 1 aliphatic carbocycles. The van der Waals surface area contributed by atoms with E-state index in [1.54, 1.807) is 36.2 Å². The first-order valence-electron chi connectivity index (χ1n) is 8.52. The molecule has 26 heavy (non-hydrogen) atoms. The van der Waals surface area contributed by atoms with Crippen LogP contribution in [0.5, 0.6) is 0 Å². The second kappa shape index (κ2) is 7.37. The zero-order valence-corrected chi connectivity index (χ0v) is 15.8. The SMILES string of the molecule is CC(C)N(C)C(=O)[C@H]1CC(=O)c2sc(NC(=O)c3ccccc3)nc2C1. The van der Waals surface area contributed by atoms with Gasteiger partial charge in [0.25, 0.3) is 5.91 Å². The molecular formula is C19H21N3O3S. The summed E-state index contributed by atoms with van der Waals surface area (Å²) in [6.07, 6.45) is 0.617. The van der Waals surface area contributed by atoms with E-state index in [2.05, 4.69) is 10.3 Å². The van der Waals surface area contributed by atoms with Gasteiger partial charge >= 0.3 is 0 Å². The number of hydrogen-bond acceptors (Lipinski definition) is 5. The predicted octanol–water partition coefficient (Wildman–Crippen LogP) is 3.01. The number of hydrogen-bond donors (Lipinski definition) is 1. The molecule has 2 amide bonds. The lowest BCUT2D eigenvalue weighted by Crippen LogP contribution is -2.40. The molecule has 2 aromatic rings. The summed E-state index contributed by atoms with van der Waals surface area (Å²) in [5.41, 5.74) is 1.13. The first kappa shape index (κ1) is 18.3. The van der Waals surface area contributed by atoms with Gasteiger partial charge in [-0.05, 0) is 26.0 Å². The van der Waals surface area contributed by atoms with Crippen LogP contribution in [-0.2, 0) is 11.2 Å². The normalized spacial score (nSPS) is 16.3. The number of nitrogens with one attached hydrogen (secondary N) is 1. The molecule has 1 aromatic carbocycles. The minimum atomic E-state index is -0.387. The van der Waals surface area contributed by atoms with Crippen molar-refractivity contribution >= 4 is 34.1 Å². The molecule has 1 N–H and O–H groups in total. The highest BCUT2D eigenvalue weighted by molar-refractivity contribution is 7.17. The predicted molar refractivity (Wildman–Crippen MR) is 101 cm³/mol. The minimum Gasteiger partial charge on any atom is -0.343 e. The van der Waals surface area contributed by atoms with Crippen LogP contribution in [0.15, 0.2) is 30.3 Å². The molecule has 0 aliphatic heterocycles. The third-order valence-corrected chi connectivity index (χ3v) is 5.60. The van der Waals surface area contributed by atoms with Crippen LogP contribution >= 0.6 is 11.3 Å². The number of aromatic nitrogens is 1. The Morgan fingerprint density at radius 1 is 1.23 bits per heavy atom. The maximum absolute atomic E-state index is 12.5. The van der Waals surface area contributed by atoms with Gasteiger partial charge in [-0.2, -0.15) is 0 Å². The second-order valence-electron chi connectivity index (χ2n) is 6.69. The van der Waals surface area contributed by atoms with Crippen LogP contribution in [0.3, 0.4) is 0 Å². The highest BCUT2D eigenvalue weighted by atomic mass is 32.1. The number of Topliss-reactive ketones (excluding diaryl/α,β-unsaturated/α-hetero) is 1. The summed E-state index contributed by atoms with van der Waals surface area (Å²) in [4.78, 5) is 43.9. The van der Waals surface area contributed by atoms with E-state index in [1.165, 1.54) is 11.3 Å². The van der Waals surface area contributed by atoms with Crippen LogP contribution in [0, 0.1) is 5.92 Å². The summed E-state index contributed by atoms with van der Waals surface area (Å²) in [7, 11) is 1.75. The summed E-state index contributed by atoms with van der Waals surface area (Å²) in [5, 5.41) is 3.13. The number of ketones is 1. The van der Waals surface area contributed by atoms with Gasteiger partial charge in [-0.25, -0.2) is 4.98 Å². The third-order valence-electron chi connectivity index (χ3n) is 4.55. The Balaban J connectivity index is 1.76.